The second kappa shape index (κ2) is 5.27. The van der Waals surface area contributed by atoms with Gasteiger partial charge in [0.05, 0.1) is 12.1 Å². The molecular weight excluding hydrogens is 216 g/mol. The average molecular weight is 234 g/mol. The maximum Gasteiger partial charge on any atom is 0.254 e. The smallest absolute Gasteiger partial charge is 0.254 e. The first-order chi connectivity index (χ1) is 8.20. The number of aliphatic hydroxyl groups excluding tert-OH is 1. The summed E-state index contributed by atoms with van der Waals surface area (Å²) in [5.41, 5.74) is 0.625. The third-order valence-electron chi connectivity index (χ3n) is 3.44. The Labute approximate surface area is 101 Å². The molecule has 0 saturated heterocycles. The Balaban J connectivity index is 2.09. The highest BCUT2D eigenvalue weighted by molar-refractivity contribution is 5.94. The lowest BCUT2D eigenvalue weighted by Gasteiger charge is -2.35. The number of aliphatic hydroxyl groups is 1. The first kappa shape index (κ1) is 12.0. The van der Waals surface area contributed by atoms with E-state index in [-0.39, 0.29) is 18.1 Å². The number of carbonyl (C=O) groups excluding carboxylic acids is 1. The maximum atomic E-state index is 12.2. The Kier molecular flexibility index (Phi) is 3.74. The van der Waals surface area contributed by atoms with Crippen LogP contribution in [0.3, 0.4) is 0 Å². The third-order valence-corrected chi connectivity index (χ3v) is 3.44. The molecule has 2 unspecified atom stereocenters. The van der Waals surface area contributed by atoms with Gasteiger partial charge < -0.3 is 10.0 Å². The van der Waals surface area contributed by atoms with Crippen molar-refractivity contribution in [3.63, 3.8) is 0 Å². The van der Waals surface area contributed by atoms with Crippen LogP contribution in [0.25, 0.3) is 0 Å². The van der Waals surface area contributed by atoms with Crippen molar-refractivity contribution in [1.29, 1.82) is 0 Å². The lowest BCUT2D eigenvalue weighted by atomic mass is 9.91. The van der Waals surface area contributed by atoms with Crippen LogP contribution >= 0.6 is 0 Å². The topological polar surface area (TPSA) is 53.4 Å². The van der Waals surface area contributed by atoms with Crippen molar-refractivity contribution in [1.82, 2.24) is 9.88 Å². The van der Waals surface area contributed by atoms with Crippen LogP contribution in [-0.2, 0) is 0 Å². The zero-order valence-corrected chi connectivity index (χ0v) is 10.0. The van der Waals surface area contributed by atoms with Gasteiger partial charge in [0.15, 0.2) is 0 Å². The molecular formula is C13H18N2O2. The van der Waals surface area contributed by atoms with Crippen LogP contribution < -0.4 is 0 Å². The van der Waals surface area contributed by atoms with E-state index in [0.717, 1.165) is 25.7 Å². The van der Waals surface area contributed by atoms with Crippen LogP contribution in [0, 0.1) is 0 Å². The summed E-state index contributed by atoms with van der Waals surface area (Å²) in [6, 6.07) is 3.35. The predicted molar refractivity (Wildman–Crippen MR) is 64.6 cm³/mol. The fraction of sp³-hybridized carbons (Fsp3) is 0.538. The number of aromatic nitrogens is 1. The summed E-state index contributed by atoms with van der Waals surface area (Å²) in [6.45, 7) is 0. The van der Waals surface area contributed by atoms with Crippen molar-refractivity contribution in [3.05, 3.63) is 30.1 Å². The molecule has 1 aliphatic carbocycles. The number of hydrogen-bond donors (Lipinski definition) is 1. The standard InChI is InChI=1S/C13H18N2O2/c1-15(11-4-2-3-5-12(11)16)13(17)10-6-8-14-9-7-10/h6-9,11-12,16H,2-5H2,1H3. The zero-order valence-electron chi connectivity index (χ0n) is 10.0. The average Bonchev–Trinajstić information content (AvgIpc) is 2.39. The minimum Gasteiger partial charge on any atom is -0.391 e. The predicted octanol–water partition coefficient (Wildman–Crippen LogP) is 1.46. The summed E-state index contributed by atoms with van der Waals surface area (Å²) in [5.74, 6) is -0.0432. The number of likely N-dealkylation sites (N-methyl/N-ethyl adjacent to an activating group) is 1. The molecule has 1 fully saturated rings. The van der Waals surface area contributed by atoms with Gasteiger partial charge in [0.25, 0.3) is 5.91 Å². The quantitative estimate of drug-likeness (QED) is 0.842. The molecule has 0 radical (unpaired) electrons. The molecule has 1 heterocycles. The van der Waals surface area contributed by atoms with Crippen LogP contribution in [0.15, 0.2) is 24.5 Å². The normalized spacial score (nSPS) is 24.4. The minimum absolute atomic E-state index is 0.0432. The highest BCUT2D eigenvalue weighted by Gasteiger charge is 2.29. The van der Waals surface area contributed by atoms with E-state index in [2.05, 4.69) is 4.98 Å². The molecule has 2 atom stereocenters. The number of nitrogens with zero attached hydrogens (tertiary/aromatic N) is 2. The molecule has 1 aromatic rings. The van der Waals surface area contributed by atoms with Gasteiger partial charge in [-0.1, -0.05) is 12.8 Å². The van der Waals surface area contributed by atoms with E-state index in [1.165, 1.54) is 0 Å². The first-order valence-corrected chi connectivity index (χ1v) is 6.05. The number of amides is 1. The maximum absolute atomic E-state index is 12.2. The molecule has 1 aliphatic rings. The molecule has 2 rings (SSSR count). The van der Waals surface area contributed by atoms with Crippen molar-refractivity contribution in [2.24, 2.45) is 0 Å². The third kappa shape index (κ3) is 2.64. The molecule has 0 spiro atoms. The Morgan fingerprint density at radius 1 is 1.35 bits per heavy atom. The molecule has 1 N–H and O–H groups in total. The van der Waals surface area contributed by atoms with Crippen molar-refractivity contribution >= 4 is 5.91 Å². The molecule has 17 heavy (non-hydrogen) atoms. The summed E-state index contributed by atoms with van der Waals surface area (Å²) in [7, 11) is 1.77. The summed E-state index contributed by atoms with van der Waals surface area (Å²) in [5, 5.41) is 9.93. The van der Waals surface area contributed by atoms with E-state index in [1.807, 2.05) is 0 Å². The molecule has 4 nitrogen and oxygen atoms in total. The van der Waals surface area contributed by atoms with E-state index in [9.17, 15) is 9.90 Å². The van der Waals surface area contributed by atoms with Gasteiger partial charge >= 0.3 is 0 Å². The molecule has 92 valence electrons. The summed E-state index contributed by atoms with van der Waals surface area (Å²) in [6.07, 6.45) is 6.63. The molecule has 1 aromatic heterocycles. The monoisotopic (exact) mass is 234 g/mol. The lowest BCUT2D eigenvalue weighted by Crippen LogP contribution is -2.46. The van der Waals surface area contributed by atoms with Gasteiger partial charge in [-0.05, 0) is 25.0 Å². The number of carbonyl (C=O) groups is 1. The van der Waals surface area contributed by atoms with Crippen molar-refractivity contribution in [2.75, 3.05) is 7.05 Å². The molecule has 0 aromatic carbocycles. The van der Waals surface area contributed by atoms with E-state index in [4.69, 9.17) is 0 Å². The van der Waals surface area contributed by atoms with Gasteiger partial charge in [0.2, 0.25) is 0 Å². The Hall–Kier alpha value is -1.42. The van der Waals surface area contributed by atoms with Crippen LogP contribution in [0.4, 0.5) is 0 Å². The van der Waals surface area contributed by atoms with E-state index < -0.39 is 0 Å². The van der Waals surface area contributed by atoms with Gasteiger partial charge in [0.1, 0.15) is 0 Å². The summed E-state index contributed by atoms with van der Waals surface area (Å²) < 4.78 is 0. The van der Waals surface area contributed by atoms with E-state index in [1.54, 1.807) is 36.5 Å². The molecule has 0 aliphatic heterocycles. The van der Waals surface area contributed by atoms with Crippen molar-refractivity contribution < 1.29 is 9.90 Å². The highest BCUT2D eigenvalue weighted by Crippen LogP contribution is 2.23. The fourth-order valence-electron chi connectivity index (χ4n) is 2.39. The number of hydrogen-bond acceptors (Lipinski definition) is 3. The van der Waals surface area contributed by atoms with Crippen LogP contribution in [0.2, 0.25) is 0 Å². The zero-order chi connectivity index (χ0) is 12.3. The van der Waals surface area contributed by atoms with Gasteiger partial charge in [0, 0.05) is 25.0 Å². The van der Waals surface area contributed by atoms with Crippen LogP contribution in [-0.4, -0.2) is 40.1 Å². The summed E-state index contributed by atoms with van der Waals surface area (Å²) in [4.78, 5) is 17.7. The minimum atomic E-state index is -0.389. The second-order valence-corrected chi connectivity index (χ2v) is 4.57. The second-order valence-electron chi connectivity index (χ2n) is 4.57. The summed E-state index contributed by atoms with van der Waals surface area (Å²) >= 11 is 0. The molecule has 1 amide bonds. The van der Waals surface area contributed by atoms with E-state index >= 15 is 0 Å². The number of rotatable bonds is 2. The SMILES string of the molecule is CN(C(=O)c1ccncc1)C1CCCCC1O. The number of pyridine rings is 1. The largest absolute Gasteiger partial charge is 0.391 e. The van der Waals surface area contributed by atoms with Gasteiger partial charge in [-0.25, -0.2) is 0 Å². The lowest BCUT2D eigenvalue weighted by molar-refractivity contribution is 0.0268. The Morgan fingerprint density at radius 3 is 2.65 bits per heavy atom. The van der Waals surface area contributed by atoms with Crippen molar-refractivity contribution in [2.45, 2.75) is 37.8 Å². The first-order valence-electron chi connectivity index (χ1n) is 6.05. The van der Waals surface area contributed by atoms with Gasteiger partial charge in [-0.3, -0.25) is 9.78 Å². The Bertz CT molecular complexity index is 380. The molecule has 0 bridgehead atoms. The fourth-order valence-corrected chi connectivity index (χ4v) is 2.39. The molecule has 1 saturated carbocycles. The van der Waals surface area contributed by atoms with Crippen molar-refractivity contribution in [3.8, 4) is 0 Å². The van der Waals surface area contributed by atoms with Gasteiger partial charge in [-0.2, -0.15) is 0 Å². The highest BCUT2D eigenvalue weighted by atomic mass is 16.3. The van der Waals surface area contributed by atoms with Crippen LogP contribution in [0.1, 0.15) is 36.0 Å². The molecule has 4 heteroatoms. The van der Waals surface area contributed by atoms with Crippen LogP contribution in [0.5, 0.6) is 0 Å². The van der Waals surface area contributed by atoms with E-state index in [0.29, 0.717) is 5.56 Å². The van der Waals surface area contributed by atoms with Gasteiger partial charge in [-0.15, -0.1) is 0 Å². The Morgan fingerprint density at radius 2 is 2.00 bits per heavy atom.